The molecule has 2 N–H and O–H groups in total. The molecule has 0 spiro atoms. The molecule has 0 aliphatic heterocycles. The summed E-state index contributed by atoms with van der Waals surface area (Å²) in [4.78, 5) is 2.22. The van der Waals surface area contributed by atoms with Gasteiger partial charge in [0.1, 0.15) is 0 Å². The highest BCUT2D eigenvalue weighted by atomic mass is 32.2. The van der Waals surface area contributed by atoms with E-state index in [0.29, 0.717) is 12.2 Å². The minimum Gasteiger partial charge on any atom is -0.390 e. The van der Waals surface area contributed by atoms with Crippen molar-refractivity contribution < 1.29 is 13.5 Å². The summed E-state index contributed by atoms with van der Waals surface area (Å²) in [6.07, 6.45) is 2.31. The van der Waals surface area contributed by atoms with Gasteiger partial charge in [-0.2, -0.15) is 0 Å². The molecule has 0 aromatic carbocycles. The molecule has 0 aliphatic carbocycles. The second-order valence-electron chi connectivity index (χ2n) is 5.23. The number of nitrogens with zero attached hydrogens (tertiary/aromatic N) is 2. The van der Waals surface area contributed by atoms with Crippen LogP contribution in [0, 0.1) is 0 Å². The normalized spacial score (nSPS) is 13.9. The van der Waals surface area contributed by atoms with Gasteiger partial charge >= 0.3 is 0 Å². The van der Waals surface area contributed by atoms with Gasteiger partial charge in [-0.15, -0.1) is 0 Å². The van der Waals surface area contributed by atoms with Gasteiger partial charge in [0.15, 0.2) is 0 Å². The summed E-state index contributed by atoms with van der Waals surface area (Å²) in [6, 6.07) is 1.38. The first-order valence-electron chi connectivity index (χ1n) is 6.77. The summed E-state index contributed by atoms with van der Waals surface area (Å²) in [5.74, 6) is 0. The zero-order valence-corrected chi connectivity index (χ0v) is 13.4. The van der Waals surface area contributed by atoms with E-state index in [4.69, 9.17) is 0 Å². The van der Waals surface area contributed by atoms with E-state index in [9.17, 15) is 13.5 Å². The fourth-order valence-corrected chi connectivity index (χ4v) is 3.28. The Morgan fingerprint density at radius 2 is 2.10 bits per heavy atom. The smallest absolute Gasteiger partial charge is 0.242 e. The molecule has 0 saturated heterocycles. The van der Waals surface area contributed by atoms with Crippen LogP contribution in [0.4, 0.5) is 0 Å². The first kappa shape index (κ1) is 17.2. The fourth-order valence-electron chi connectivity index (χ4n) is 1.94. The molecule has 1 rings (SSSR count). The van der Waals surface area contributed by atoms with E-state index in [1.165, 1.54) is 6.07 Å². The van der Waals surface area contributed by atoms with Crippen molar-refractivity contribution in [2.75, 3.05) is 20.6 Å². The lowest BCUT2D eigenvalue weighted by atomic mass is 10.2. The number of aliphatic hydroxyl groups is 1. The monoisotopic (exact) mass is 303 g/mol. The molecule has 0 amide bonds. The van der Waals surface area contributed by atoms with Crippen LogP contribution in [0.5, 0.6) is 0 Å². The topological polar surface area (TPSA) is 74.6 Å². The maximum absolute atomic E-state index is 12.3. The Labute approximate surface area is 121 Å². The van der Waals surface area contributed by atoms with Crippen LogP contribution in [-0.4, -0.2) is 49.7 Å². The Hall–Kier alpha value is -0.890. The number of aromatic nitrogens is 1. The number of nitrogens with one attached hydrogen (secondary N) is 1. The molecule has 0 bridgehead atoms. The Morgan fingerprint density at radius 1 is 1.45 bits per heavy atom. The third kappa shape index (κ3) is 4.59. The lowest BCUT2D eigenvalue weighted by molar-refractivity contribution is 0.271. The minimum atomic E-state index is -3.53. The zero-order valence-electron chi connectivity index (χ0n) is 12.6. The molecule has 1 unspecified atom stereocenters. The van der Waals surface area contributed by atoms with Gasteiger partial charge in [0.05, 0.1) is 11.5 Å². The van der Waals surface area contributed by atoms with Crippen LogP contribution in [-0.2, 0) is 23.2 Å². The molecule has 1 aromatic rings. The van der Waals surface area contributed by atoms with Gasteiger partial charge < -0.3 is 14.6 Å². The number of hydrogen-bond acceptors (Lipinski definition) is 4. The summed E-state index contributed by atoms with van der Waals surface area (Å²) in [7, 11) is 0.379. The average Bonchev–Trinajstić information content (AvgIpc) is 2.79. The molecular weight excluding hydrogens is 278 g/mol. The van der Waals surface area contributed by atoms with Crippen molar-refractivity contribution >= 4 is 10.0 Å². The van der Waals surface area contributed by atoms with Crippen molar-refractivity contribution in [1.82, 2.24) is 14.2 Å². The third-order valence-electron chi connectivity index (χ3n) is 3.14. The number of rotatable bonds is 8. The maximum Gasteiger partial charge on any atom is 0.242 e. The van der Waals surface area contributed by atoms with Crippen LogP contribution >= 0.6 is 0 Å². The van der Waals surface area contributed by atoms with Gasteiger partial charge in [-0.05, 0) is 47.0 Å². The highest BCUT2D eigenvalue weighted by Gasteiger charge is 2.20. The maximum atomic E-state index is 12.3. The van der Waals surface area contributed by atoms with Gasteiger partial charge in [-0.25, -0.2) is 13.1 Å². The van der Waals surface area contributed by atoms with Crippen molar-refractivity contribution in [3.63, 3.8) is 0 Å². The van der Waals surface area contributed by atoms with E-state index < -0.39 is 10.0 Å². The van der Waals surface area contributed by atoms with Crippen molar-refractivity contribution in [3.8, 4) is 0 Å². The van der Waals surface area contributed by atoms with Crippen molar-refractivity contribution in [3.05, 3.63) is 18.0 Å². The van der Waals surface area contributed by atoms with Crippen LogP contribution in [0.3, 0.4) is 0 Å². The summed E-state index contributed by atoms with van der Waals surface area (Å²) >= 11 is 0. The Bertz CT molecular complexity index is 501. The lowest BCUT2D eigenvalue weighted by Crippen LogP contribution is -2.34. The summed E-state index contributed by atoms with van der Waals surface area (Å²) in [5.41, 5.74) is 0.605. The Morgan fingerprint density at radius 3 is 2.55 bits per heavy atom. The molecular formula is C13H25N3O3S. The molecule has 0 saturated carbocycles. The van der Waals surface area contributed by atoms with E-state index >= 15 is 0 Å². The minimum absolute atomic E-state index is 0.134. The first-order chi connectivity index (χ1) is 9.30. The van der Waals surface area contributed by atoms with Gasteiger partial charge in [-0.3, -0.25) is 0 Å². The zero-order chi connectivity index (χ0) is 15.3. The second kappa shape index (κ2) is 7.21. The SMILES string of the molecule is CCn1cc(S(=O)(=O)NC(C)CCN(C)C)cc1CO. The van der Waals surface area contributed by atoms with Crippen molar-refractivity contribution in [2.24, 2.45) is 0 Å². The molecule has 1 heterocycles. The van der Waals surface area contributed by atoms with E-state index in [1.54, 1.807) is 10.8 Å². The average molecular weight is 303 g/mol. The molecule has 20 heavy (non-hydrogen) atoms. The van der Waals surface area contributed by atoms with Gasteiger partial charge in [0, 0.05) is 24.5 Å². The van der Waals surface area contributed by atoms with Crippen LogP contribution in [0.15, 0.2) is 17.2 Å². The first-order valence-corrected chi connectivity index (χ1v) is 8.25. The molecule has 116 valence electrons. The van der Waals surface area contributed by atoms with Crippen LogP contribution in [0.25, 0.3) is 0 Å². The number of sulfonamides is 1. The Balaban J connectivity index is 2.80. The highest BCUT2D eigenvalue weighted by molar-refractivity contribution is 7.89. The van der Waals surface area contributed by atoms with Gasteiger partial charge in [0.25, 0.3) is 0 Å². The largest absolute Gasteiger partial charge is 0.390 e. The predicted octanol–water partition coefficient (Wildman–Crippen LogP) is 0.619. The standard InChI is InChI=1S/C13H25N3O3S/c1-5-16-9-13(8-12(16)10-17)20(18,19)14-11(2)6-7-15(3)4/h8-9,11,14,17H,5-7,10H2,1-4H3. The quantitative estimate of drug-likeness (QED) is 0.738. The van der Waals surface area contributed by atoms with Crippen LogP contribution < -0.4 is 4.72 Å². The summed E-state index contributed by atoms with van der Waals surface area (Å²) in [5, 5.41) is 9.21. The summed E-state index contributed by atoms with van der Waals surface area (Å²) < 4.78 is 28.9. The number of hydrogen-bond donors (Lipinski definition) is 2. The van der Waals surface area contributed by atoms with Gasteiger partial charge in [0.2, 0.25) is 10.0 Å². The predicted molar refractivity (Wildman–Crippen MR) is 79.0 cm³/mol. The van der Waals surface area contributed by atoms with E-state index in [2.05, 4.69) is 4.72 Å². The van der Waals surface area contributed by atoms with E-state index in [1.807, 2.05) is 32.8 Å². The van der Waals surface area contributed by atoms with Crippen LogP contribution in [0.2, 0.25) is 0 Å². The van der Waals surface area contributed by atoms with Crippen molar-refractivity contribution in [2.45, 2.75) is 44.4 Å². The number of aliphatic hydroxyl groups excluding tert-OH is 1. The Kier molecular flexibility index (Phi) is 6.19. The molecule has 0 radical (unpaired) electrons. The molecule has 0 aliphatic rings. The molecule has 6 nitrogen and oxygen atoms in total. The lowest BCUT2D eigenvalue weighted by Gasteiger charge is -2.16. The molecule has 1 aromatic heterocycles. The molecule has 0 fully saturated rings. The third-order valence-corrected chi connectivity index (χ3v) is 4.70. The highest BCUT2D eigenvalue weighted by Crippen LogP contribution is 2.15. The number of aryl methyl sites for hydroxylation is 1. The van der Waals surface area contributed by atoms with E-state index in [-0.39, 0.29) is 17.5 Å². The van der Waals surface area contributed by atoms with Gasteiger partial charge in [-0.1, -0.05) is 0 Å². The second-order valence-corrected chi connectivity index (χ2v) is 6.94. The van der Waals surface area contributed by atoms with E-state index in [0.717, 1.165) is 13.0 Å². The molecule has 7 heteroatoms. The summed E-state index contributed by atoms with van der Waals surface area (Å²) in [6.45, 7) is 5.04. The van der Waals surface area contributed by atoms with Crippen molar-refractivity contribution in [1.29, 1.82) is 0 Å². The van der Waals surface area contributed by atoms with Crippen LogP contribution in [0.1, 0.15) is 26.0 Å². The fraction of sp³-hybridized carbons (Fsp3) is 0.692. The molecule has 1 atom stereocenters.